The molecule has 0 saturated carbocycles. The number of amides is 2. The maximum Gasteiger partial charge on any atom is 0.251 e. The van der Waals surface area contributed by atoms with Crippen molar-refractivity contribution in [3.05, 3.63) is 53.3 Å². The van der Waals surface area contributed by atoms with Crippen LogP contribution in [-0.4, -0.2) is 39.8 Å². The van der Waals surface area contributed by atoms with Crippen molar-refractivity contribution in [2.75, 3.05) is 33.3 Å². The van der Waals surface area contributed by atoms with Gasteiger partial charge in [-0.1, -0.05) is 18.2 Å². The summed E-state index contributed by atoms with van der Waals surface area (Å²) in [5.74, 6) is 0.578. The summed E-state index contributed by atoms with van der Waals surface area (Å²) >= 11 is 0. The average Bonchev–Trinajstić information content (AvgIpc) is 3.07. The van der Waals surface area contributed by atoms with E-state index in [0.29, 0.717) is 28.5 Å². The molecule has 2 N–H and O–H groups in total. The number of carbonyl (C=O) groups is 2. The highest BCUT2D eigenvalue weighted by Crippen LogP contribution is 2.36. The van der Waals surface area contributed by atoms with Gasteiger partial charge in [-0.25, -0.2) is 0 Å². The summed E-state index contributed by atoms with van der Waals surface area (Å²) in [6.07, 6.45) is 0. The van der Waals surface area contributed by atoms with Gasteiger partial charge in [-0.3, -0.25) is 9.59 Å². The maximum atomic E-state index is 12.8. The monoisotopic (exact) mass is 412 g/mol. The number of nitrogens with one attached hydrogen (secondary N) is 2. The van der Waals surface area contributed by atoms with E-state index in [2.05, 4.69) is 10.6 Å². The maximum absolute atomic E-state index is 12.8. The van der Waals surface area contributed by atoms with Gasteiger partial charge in [-0.05, 0) is 25.1 Å². The van der Waals surface area contributed by atoms with Crippen molar-refractivity contribution in [3.63, 3.8) is 0 Å². The molecular weight excluding hydrogens is 388 g/mol. The van der Waals surface area contributed by atoms with E-state index in [-0.39, 0.29) is 25.0 Å². The van der Waals surface area contributed by atoms with Gasteiger partial charge in [0.25, 0.3) is 5.91 Å². The van der Waals surface area contributed by atoms with Crippen molar-refractivity contribution in [1.82, 2.24) is 5.32 Å². The highest BCUT2D eigenvalue weighted by atomic mass is 16.5. The molecule has 30 heavy (non-hydrogen) atoms. The molecule has 8 heteroatoms. The lowest BCUT2D eigenvalue weighted by atomic mass is 10.1. The molecule has 8 nitrogen and oxygen atoms in total. The zero-order chi connectivity index (χ0) is 21.7. The van der Waals surface area contributed by atoms with Crippen molar-refractivity contribution in [2.45, 2.75) is 13.5 Å². The molecule has 1 aromatic heterocycles. The fraction of sp³-hybridized carbons (Fsp3) is 0.273. The number of benzene rings is 2. The molecule has 0 aliphatic rings. The first-order chi connectivity index (χ1) is 14.5. The SMILES string of the molecule is COCC(=O)Nc1cc(C(=O)NCc2oc3ccccc3c2C)cc(OC)c1OC. The Kier molecular flexibility index (Phi) is 6.58. The summed E-state index contributed by atoms with van der Waals surface area (Å²) in [5, 5.41) is 6.52. The van der Waals surface area contributed by atoms with Crippen LogP contribution < -0.4 is 20.1 Å². The number of aryl methyl sites for hydroxylation is 1. The highest BCUT2D eigenvalue weighted by Gasteiger charge is 2.19. The molecule has 0 fully saturated rings. The van der Waals surface area contributed by atoms with Crippen molar-refractivity contribution >= 4 is 28.5 Å². The van der Waals surface area contributed by atoms with E-state index in [1.54, 1.807) is 6.07 Å². The Morgan fingerprint density at radius 3 is 2.50 bits per heavy atom. The lowest BCUT2D eigenvalue weighted by molar-refractivity contribution is -0.119. The van der Waals surface area contributed by atoms with Crippen molar-refractivity contribution in [3.8, 4) is 11.5 Å². The Balaban J connectivity index is 1.83. The minimum Gasteiger partial charge on any atom is -0.493 e. The Morgan fingerprint density at radius 1 is 1.07 bits per heavy atom. The summed E-state index contributed by atoms with van der Waals surface area (Å²) in [7, 11) is 4.33. The predicted molar refractivity (Wildman–Crippen MR) is 112 cm³/mol. The number of hydrogen-bond donors (Lipinski definition) is 2. The third-order valence-electron chi connectivity index (χ3n) is 4.64. The Hall–Kier alpha value is -3.52. The minimum atomic E-state index is -0.381. The van der Waals surface area contributed by atoms with Crippen LogP contribution in [-0.2, 0) is 16.1 Å². The van der Waals surface area contributed by atoms with Crippen LogP contribution in [0.4, 0.5) is 5.69 Å². The number of para-hydroxylation sites is 1. The van der Waals surface area contributed by atoms with Crippen LogP contribution in [0.25, 0.3) is 11.0 Å². The average molecular weight is 412 g/mol. The lowest BCUT2D eigenvalue weighted by Crippen LogP contribution is -2.24. The van der Waals surface area contributed by atoms with Crippen LogP contribution in [0.15, 0.2) is 40.8 Å². The van der Waals surface area contributed by atoms with Crippen LogP contribution in [0, 0.1) is 6.92 Å². The first-order valence-corrected chi connectivity index (χ1v) is 9.28. The summed E-state index contributed by atoms with van der Waals surface area (Å²) in [6.45, 7) is 2.04. The first-order valence-electron chi connectivity index (χ1n) is 9.28. The molecule has 1 heterocycles. The summed E-state index contributed by atoms with van der Waals surface area (Å²) in [5.41, 5.74) is 2.36. The van der Waals surface area contributed by atoms with Gasteiger partial charge >= 0.3 is 0 Å². The number of furan rings is 1. The van der Waals surface area contributed by atoms with E-state index in [1.807, 2.05) is 31.2 Å². The van der Waals surface area contributed by atoms with Gasteiger partial charge in [0.2, 0.25) is 5.91 Å². The number of anilines is 1. The van der Waals surface area contributed by atoms with Gasteiger partial charge < -0.3 is 29.3 Å². The quantitative estimate of drug-likeness (QED) is 0.589. The molecule has 0 atom stereocenters. The number of rotatable bonds is 8. The van der Waals surface area contributed by atoms with Gasteiger partial charge in [0.15, 0.2) is 11.5 Å². The lowest BCUT2D eigenvalue weighted by Gasteiger charge is -2.15. The van der Waals surface area contributed by atoms with Crippen LogP contribution >= 0.6 is 0 Å². The fourth-order valence-corrected chi connectivity index (χ4v) is 3.16. The molecule has 0 bridgehead atoms. The summed E-state index contributed by atoms with van der Waals surface area (Å²) in [6, 6.07) is 10.8. The van der Waals surface area contributed by atoms with Gasteiger partial charge in [0.05, 0.1) is 26.5 Å². The van der Waals surface area contributed by atoms with Gasteiger partial charge in [0.1, 0.15) is 18.0 Å². The standard InChI is InChI=1S/C22H24N2O6/c1-13-15-7-5-6-8-17(15)30-19(13)11-23-22(26)14-9-16(24-20(25)12-27-2)21(29-4)18(10-14)28-3/h5-10H,11-12H2,1-4H3,(H,23,26)(H,24,25). The smallest absolute Gasteiger partial charge is 0.251 e. The molecule has 158 valence electrons. The normalized spacial score (nSPS) is 10.7. The highest BCUT2D eigenvalue weighted by molar-refractivity contribution is 5.99. The van der Waals surface area contributed by atoms with E-state index in [9.17, 15) is 9.59 Å². The van der Waals surface area contributed by atoms with Gasteiger partial charge in [-0.15, -0.1) is 0 Å². The molecule has 0 aliphatic heterocycles. The van der Waals surface area contributed by atoms with Gasteiger partial charge in [0, 0.05) is 23.6 Å². The van der Waals surface area contributed by atoms with Crippen molar-refractivity contribution in [1.29, 1.82) is 0 Å². The second-order valence-corrected chi connectivity index (χ2v) is 6.57. The molecule has 2 amide bonds. The van der Waals surface area contributed by atoms with E-state index < -0.39 is 0 Å². The third kappa shape index (κ3) is 4.38. The summed E-state index contributed by atoms with van der Waals surface area (Å²) < 4.78 is 21.3. The molecule has 2 aromatic carbocycles. The molecule has 3 rings (SSSR count). The topological polar surface area (TPSA) is 99.0 Å². The molecule has 0 unspecified atom stereocenters. The molecule has 0 aliphatic carbocycles. The molecule has 0 spiro atoms. The number of methoxy groups -OCH3 is 3. The summed E-state index contributed by atoms with van der Waals surface area (Å²) in [4.78, 5) is 24.7. The van der Waals surface area contributed by atoms with Crippen LogP contribution in [0.2, 0.25) is 0 Å². The van der Waals surface area contributed by atoms with E-state index >= 15 is 0 Å². The number of hydrogen-bond acceptors (Lipinski definition) is 6. The van der Waals surface area contributed by atoms with E-state index in [4.69, 9.17) is 18.6 Å². The van der Waals surface area contributed by atoms with Crippen molar-refractivity contribution < 1.29 is 28.2 Å². The molecule has 0 radical (unpaired) electrons. The Labute approximate surface area is 174 Å². The zero-order valence-corrected chi connectivity index (χ0v) is 17.3. The predicted octanol–water partition coefficient (Wildman–Crippen LogP) is 3.27. The molecule has 3 aromatic rings. The number of fused-ring (bicyclic) bond motifs is 1. The number of carbonyl (C=O) groups excluding carboxylic acids is 2. The molecule has 0 saturated heterocycles. The minimum absolute atomic E-state index is 0.132. The van der Waals surface area contributed by atoms with E-state index in [0.717, 1.165) is 16.5 Å². The van der Waals surface area contributed by atoms with Crippen LogP contribution in [0.1, 0.15) is 21.7 Å². The Bertz CT molecular complexity index is 1070. The first kappa shape index (κ1) is 21.2. The fourth-order valence-electron chi connectivity index (χ4n) is 3.16. The third-order valence-corrected chi connectivity index (χ3v) is 4.64. The van der Waals surface area contributed by atoms with Crippen LogP contribution in [0.3, 0.4) is 0 Å². The zero-order valence-electron chi connectivity index (χ0n) is 17.3. The molecular formula is C22H24N2O6. The van der Waals surface area contributed by atoms with Crippen molar-refractivity contribution in [2.24, 2.45) is 0 Å². The second kappa shape index (κ2) is 9.32. The van der Waals surface area contributed by atoms with Crippen LogP contribution in [0.5, 0.6) is 11.5 Å². The Morgan fingerprint density at radius 2 is 1.83 bits per heavy atom. The van der Waals surface area contributed by atoms with E-state index in [1.165, 1.54) is 27.4 Å². The largest absolute Gasteiger partial charge is 0.493 e. The number of ether oxygens (including phenoxy) is 3. The second-order valence-electron chi connectivity index (χ2n) is 6.57. The van der Waals surface area contributed by atoms with Gasteiger partial charge in [-0.2, -0.15) is 0 Å².